The summed E-state index contributed by atoms with van der Waals surface area (Å²) in [5, 5.41) is 3.38. The van der Waals surface area contributed by atoms with Gasteiger partial charge in [-0.15, -0.1) is 0 Å². The highest BCUT2D eigenvalue weighted by Crippen LogP contribution is 2.34. The number of nitrogens with one attached hydrogen (secondary N) is 1. The Morgan fingerprint density at radius 1 is 1.00 bits per heavy atom. The number of piperidine rings is 1. The summed E-state index contributed by atoms with van der Waals surface area (Å²) in [4.78, 5) is 35.1. The number of rotatable bonds is 3. The number of hydrogen-bond donors (Lipinski definition) is 1. The molecule has 2 aromatic rings. The maximum absolute atomic E-state index is 13.3. The van der Waals surface area contributed by atoms with E-state index in [9.17, 15) is 9.59 Å². The molecule has 4 heterocycles. The van der Waals surface area contributed by atoms with Gasteiger partial charge in [-0.05, 0) is 38.5 Å². The Bertz CT molecular complexity index is 1040. The van der Waals surface area contributed by atoms with E-state index in [0.717, 1.165) is 80.9 Å². The quantitative estimate of drug-likeness (QED) is 0.824. The van der Waals surface area contributed by atoms with E-state index < -0.39 is 0 Å². The molecule has 0 unspecified atom stereocenters. The number of amides is 1. The summed E-state index contributed by atoms with van der Waals surface area (Å²) in [6.45, 7) is 3.41. The zero-order valence-corrected chi connectivity index (χ0v) is 18.3. The van der Waals surface area contributed by atoms with Gasteiger partial charge < -0.3 is 4.90 Å². The maximum Gasteiger partial charge on any atom is 0.277 e. The molecule has 7 nitrogen and oxygen atoms in total. The van der Waals surface area contributed by atoms with Gasteiger partial charge in [-0.1, -0.05) is 19.3 Å². The highest BCUT2D eigenvalue weighted by molar-refractivity contribution is 5.81. The molecule has 0 radical (unpaired) electrons. The van der Waals surface area contributed by atoms with E-state index in [0.29, 0.717) is 23.8 Å². The Morgan fingerprint density at radius 3 is 2.52 bits per heavy atom. The molecule has 4 aliphatic rings. The van der Waals surface area contributed by atoms with E-state index in [-0.39, 0.29) is 5.56 Å². The van der Waals surface area contributed by atoms with Crippen molar-refractivity contribution in [1.82, 2.24) is 24.4 Å². The number of fused-ring (bicyclic) bond motifs is 2. The van der Waals surface area contributed by atoms with Crippen LogP contribution >= 0.6 is 0 Å². The van der Waals surface area contributed by atoms with Crippen molar-refractivity contribution in [1.29, 1.82) is 0 Å². The van der Waals surface area contributed by atoms with E-state index >= 15 is 0 Å². The van der Waals surface area contributed by atoms with Crippen LogP contribution in [0.1, 0.15) is 80.7 Å². The lowest BCUT2D eigenvalue weighted by atomic mass is 9.92. The van der Waals surface area contributed by atoms with Crippen LogP contribution in [-0.2, 0) is 17.8 Å². The fourth-order valence-corrected chi connectivity index (χ4v) is 5.99. The monoisotopic (exact) mass is 423 g/mol. The van der Waals surface area contributed by atoms with Crippen LogP contribution in [0, 0.1) is 5.92 Å². The number of aromatic nitrogens is 3. The minimum Gasteiger partial charge on any atom is -0.342 e. The molecule has 0 atom stereocenters. The topological polar surface area (TPSA) is 73.7 Å². The molecular weight excluding hydrogens is 390 g/mol. The van der Waals surface area contributed by atoms with Crippen LogP contribution in [0.5, 0.6) is 0 Å². The number of aromatic amines is 1. The van der Waals surface area contributed by atoms with Crippen molar-refractivity contribution in [2.45, 2.75) is 82.7 Å². The number of H-pyrrole nitrogens is 1. The molecule has 1 saturated heterocycles. The van der Waals surface area contributed by atoms with E-state index in [1.165, 1.54) is 32.1 Å². The van der Waals surface area contributed by atoms with Gasteiger partial charge >= 0.3 is 0 Å². The van der Waals surface area contributed by atoms with Gasteiger partial charge in [0.15, 0.2) is 5.65 Å². The Hall–Kier alpha value is -2.15. The van der Waals surface area contributed by atoms with Crippen LogP contribution in [0.25, 0.3) is 5.65 Å². The number of likely N-dealkylation sites (tertiary alicyclic amines) is 1. The summed E-state index contributed by atoms with van der Waals surface area (Å²) in [6.07, 6.45) is 11.4. The van der Waals surface area contributed by atoms with Crippen LogP contribution in [0.15, 0.2) is 10.9 Å². The Balaban J connectivity index is 1.21. The number of hydrogen-bond acceptors (Lipinski definition) is 4. The zero-order valence-electron chi connectivity index (χ0n) is 18.3. The molecule has 2 aliphatic heterocycles. The van der Waals surface area contributed by atoms with E-state index in [1.54, 1.807) is 4.52 Å². The molecule has 7 heteroatoms. The minimum atomic E-state index is 0.0770. The molecule has 166 valence electrons. The molecule has 2 saturated carbocycles. The van der Waals surface area contributed by atoms with Gasteiger partial charge in [-0.3, -0.25) is 19.6 Å². The second-order valence-corrected chi connectivity index (χ2v) is 10.1. The van der Waals surface area contributed by atoms with Crippen molar-refractivity contribution in [2.75, 3.05) is 19.6 Å². The maximum atomic E-state index is 13.3. The summed E-state index contributed by atoms with van der Waals surface area (Å²) < 4.78 is 1.67. The first-order valence-electron chi connectivity index (χ1n) is 12.3. The molecule has 2 aromatic heterocycles. The van der Waals surface area contributed by atoms with Gasteiger partial charge in [-0.25, -0.2) is 9.50 Å². The summed E-state index contributed by atoms with van der Waals surface area (Å²) in [7, 11) is 0. The van der Waals surface area contributed by atoms with Crippen LogP contribution in [0.2, 0.25) is 0 Å². The van der Waals surface area contributed by atoms with Crippen molar-refractivity contribution in [3.05, 3.63) is 33.4 Å². The van der Waals surface area contributed by atoms with Crippen molar-refractivity contribution in [3.63, 3.8) is 0 Å². The second-order valence-electron chi connectivity index (χ2n) is 10.1. The Morgan fingerprint density at radius 2 is 1.77 bits per heavy atom. The first-order chi connectivity index (χ1) is 15.2. The fourth-order valence-electron chi connectivity index (χ4n) is 5.99. The third kappa shape index (κ3) is 3.60. The van der Waals surface area contributed by atoms with E-state index in [1.807, 2.05) is 4.90 Å². The summed E-state index contributed by atoms with van der Waals surface area (Å²) in [5.74, 6) is 1.01. The average molecular weight is 424 g/mol. The molecule has 0 aromatic carbocycles. The van der Waals surface area contributed by atoms with Gasteiger partial charge in [-0.2, -0.15) is 0 Å². The molecule has 2 aliphatic carbocycles. The SMILES string of the molecule is O=C(C1CC1)N1CCC(c2cc3nc4c(c(=O)n3[nH]2)CN(C2CCCCC2)CC4)CC1. The molecular formula is C24H33N5O2. The van der Waals surface area contributed by atoms with Gasteiger partial charge in [0.1, 0.15) is 0 Å². The summed E-state index contributed by atoms with van der Waals surface area (Å²) >= 11 is 0. The predicted octanol–water partition coefficient (Wildman–Crippen LogP) is 2.83. The van der Waals surface area contributed by atoms with Crippen molar-refractivity contribution >= 4 is 11.6 Å². The molecule has 0 bridgehead atoms. The molecule has 1 N–H and O–H groups in total. The Kier molecular flexibility index (Phi) is 4.89. The van der Waals surface area contributed by atoms with Gasteiger partial charge in [0, 0.05) is 62.2 Å². The molecule has 0 spiro atoms. The predicted molar refractivity (Wildman–Crippen MR) is 118 cm³/mol. The highest BCUT2D eigenvalue weighted by Gasteiger charge is 2.35. The highest BCUT2D eigenvalue weighted by atomic mass is 16.2. The van der Waals surface area contributed by atoms with Crippen molar-refractivity contribution in [3.8, 4) is 0 Å². The van der Waals surface area contributed by atoms with Gasteiger partial charge in [0.25, 0.3) is 5.56 Å². The fraction of sp³-hybridized carbons (Fsp3) is 0.708. The van der Waals surface area contributed by atoms with E-state index in [2.05, 4.69) is 16.1 Å². The smallest absolute Gasteiger partial charge is 0.277 e. The normalized spacial score (nSPS) is 23.9. The summed E-state index contributed by atoms with van der Waals surface area (Å²) in [5.41, 5.74) is 3.80. The largest absolute Gasteiger partial charge is 0.342 e. The Labute approximate surface area is 182 Å². The number of carbonyl (C=O) groups is 1. The summed E-state index contributed by atoms with van der Waals surface area (Å²) in [6, 6.07) is 2.70. The molecule has 6 rings (SSSR count). The number of carbonyl (C=O) groups excluding carboxylic acids is 1. The minimum absolute atomic E-state index is 0.0770. The van der Waals surface area contributed by atoms with Crippen LogP contribution in [0.3, 0.4) is 0 Å². The van der Waals surface area contributed by atoms with Crippen LogP contribution in [-0.4, -0.2) is 56.0 Å². The third-order valence-electron chi connectivity index (χ3n) is 8.07. The lowest BCUT2D eigenvalue weighted by Crippen LogP contribution is -2.43. The van der Waals surface area contributed by atoms with Crippen LogP contribution in [0.4, 0.5) is 0 Å². The standard InChI is InChI=1S/C24H33N5O2/c30-23(17-6-7-17)27-11-8-16(9-12-27)21-14-22-25-20-10-13-28(18-4-2-1-3-5-18)15-19(20)24(31)29(22)26-21/h14,16-18,26H,1-13,15H2. The van der Waals surface area contributed by atoms with Gasteiger partial charge in [0.2, 0.25) is 5.91 Å². The molecule has 3 fully saturated rings. The van der Waals surface area contributed by atoms with Gasteiger partial charge in [0.05, 0.1) is 11.3 Å². The molecule has 1 amide bonds. The first-order valence-corrected chi connectivity index (χ1v) is 12.3. The van der Waals surface area contributed by atoms with E-state index in [4.69, 9.17) is 4.98 Å². The van der Waals surface area contributed by atoms with Crippen molar-refractivity contribution in [2.24, 2.45) is 5.92 Å². The zero-order chi connectivity index (χ0) is 20.9. The third-order valence-corrected chi connectivity index (χ3v) is 8.07. The van der Waals surface area contributed by atoms with Crippen LogP contribution < -0.4 is 5.56 Å². The first kappa shape index (κ1) is 19.5. The average Bonchev–Trinajstić information content (AvgIpc) is 3.58. The lowest BCUT2D eigenvalue weighted by molar-refractivity contribution is -0.133. The lowest BCUT2D eigenvalue weighted by Gasteiger charge is -2.36. The second kappa shape index (κ2) is 7.76. The molecule has 31 heavy (non-hydrogen) atoms. The number of nitrogens with zero attached hydrogens (tertiary/aromatic N) is 4. The van der Waals surface area contributed by atoms with Crippen molar-refractivity contribution < 1.29 is 4.79 Å².